The number of benzene rings is 2. The van der Waals surface area contributed by atoms with E-state index in [0.717, 1.165) is 11.3 Å². The van der Waals surface area contributed by atoms with Crippen molar-refractivity contribution in [3.8, 4) is 0 Å². The Balaban J connectivity index is 1.72. The number of fused-ring (bicyclic) bond motifs is 1. The highest BCUT2D eigenvalue weighted by Gasteiger charge is 2.28. The molecule has 0 aromatic heterocycles. The molecule has 1 aliphatic heterocycles. The molecule has 1 heterocycles. The van der Waals surface area contributed by atoms with Gasteiger partial charge in [0.2, 0.25) is 11.8 Å². The summed E-state index contributed by atoms with van der Waals surface area (Å²) in [6.07, 6.45) is -0.148. The average molecular weight is 340 g/mol. The van der Waals surface area contributed by atoms with E-state index in [0.29, 0.717) is 5.69 Å². The number of nitrogens with one attached hydrogen (secondary N) is 3. The monoisotopic (exact) mass is 340 g/mol. The minimum atomic E-state index is -0.751. The van der Waals surface area contributed by atoms with Gasteiger partial charge in [-0.1, -0.05) is 18.2 Å². The van der Waals surface area contributed by atoms with E-state index in [1.807, 2.05) is 6.07 Å². The third-order valence-corrected chi connectivity index (χ3v) is 3.84. The van der Waals surface area contributed by atoms with Crippen molar-refractivity contribution in [2.24, 2.45) is 0 Å². The minimum Gasteiger partial charge on any atom is -0.372 e. The maximum Gasteiger partial charge on any atom is 0.293 e. The molecular weight excluding hydrogens is 324 g/mol. The summed E-state index contributed by atoms with van der Waals surface area (Å²) in [6, 6.07) is 11.0. The zero-order valence-corrected chi connectivity index (χ0v) is 13.4. The summed E-state index contributed by atoms with van der Waals surface area (Å²) >= 11 is 0. The van der Waals surface area contributed by atoms with Gasteiger partial charge in [-0.3, -0.25) is 19.7 Å². The number of hydrogen-bond donors (Lipinski definition) is 3. The number of amides is 2. The summed E-state index contributed by atoms with van der Waals surface area (Å²) in [4.78, 5) is 34.9. The molecule has 128 valence electrons. The van der Waals surface area contributed by atoms with Crippen LogP contribution in [0.4, 0.5) is 22.7 Å². The van der Waals surface area contributed by atoms with Gasteiger partial charge < -0.3 is 16.0 Å². The van der Waals surface area contributed by atoms with E-state index in [4.69, 9.17) is 0 Å². The fraction of sp³-hybridized carbons (Fsp3) is 0.176. The maximum absolute atomic E-state index is 12.2. The van der Waals surface area contributed by atoms with Crippen LogP contribution in [0.25, 0.3) is 0 Å². The fourth-order valence-electron chi connectivity index (χ4n) is 2.62. The van der Waals surface area contributed by atoms with Crippen LogP contribution in [-0.4, -0.2) is 22.8 Å². The van der Waals surface area contributed by atoms with Crippen LogP contribution in [0, 0.1) is 17.0 Å². The van der Waals surface area contributed by atoms with Gasteiger partial charge >= 0.3 is 0 Å². The summed E-state index contributed by atoms with van der Waals surface area (Å²) in [5.74, 6) is -0.814. The first-order valence-electron chi connectivity index (χ1n) is 7.65. The Morgan fingerprint density at radius 1 is 1.24 bits per heavy atom. The lowest BCUT2D eigenvalue weighted by Gasteiger charge is -2.26. The molecule has 0 spiro atoms. The molecule has 1 atom stereocenters. The van der Waals surface area contributed by atoms with Gasteiger partial charge in [-0.25, -0.2) is 0 Å². The van der Waals surface area contributed by atoms with Crippen LogP contribution >= 0.6 is 0 Å². The van der Waals surface area contributed by atoms with E-state index < -0.39 is 16.9 Å². The van der Waals surface area contributed by atoms with Gasteiger partial charge in [0, 0.05) is 6.07 Å². The number of nitro benzene ring substituents is 1. The smallest absolute Gasteiger partial charge is 0.293 e. The van der Waals surface area contributed by atoms with Gasteiger partial charge in [-0.15, -0.1) is 0 Å². The van der Waals surface area contributed by atoms with Crippen LogP contribution in [0.2, 0.25) is 0 Å². The van der Waals surface area contributed by atoms with E-state index in [1.165, 1.54) is 12.1 Å². The highest BCUT2D eigenvalue weighted by Crippen LogP contribution is 2.28. The molecule has 0 saturated carbocycles. The van der Waals surface area contributed by atoms with Crippen LogP contribution in [0.15, 0.2) is 42.5 Å². The van der Waals surface area contributed by atoms with Crippen molar-refractivity contribution in [1.29, 1.82) is 0 Å². The van der Waals surface area contributed by atoms with Crippen molar-refractivity contribution in [2.75, 3.05) is 16.0 Å². The molecule has 0 unspecified atom stereocenters. The molecule has 0 fully saturated rings. The van der Waals surface area contributed by atoms with Gasteiger partial charge in [0.15, 0.2) is 0 Å². The van der Waals surface area contributed by atoms with E-state index in [9.17, 15) is 19.7 Å². The van der Waals surface area contributed by atoms with Crippen molar-refractivity contribution >= 4 is 34.6 Å². The Labute approximate surface area is 143 Å². The predicted molar refractivity (Wildman–Crippen MR) is 93.6 cm³/mol. The predicted octanol–water partition coefficient (Wildman–Crippen LogP) is 2.66. The lowest BCUT2D eigenvalue weighted by molar-refractivity contribution is -0.384. The number of aryl methyl sites for hydroxylation is 1. The van der Waals surface area contributed by atoms with E-state index in [1.54, 1.807) is 31.2 Å². The zero-order valence-electron chi connectivity index (χ0n) is 13.4. The van der Waals surface area contributed by atoms with Gasteiger partial charge in [-0.2, -0.15) is 0 Å². The molecule has 3 N–H and O–H groups in total. The average Bonchev–Trinajstić information content (AvgIpc) is 2.57. The number of rotatable bonds is 4. The molecule has 2 aromatic rings. The second-order valence-corrected chi connectivity index (χ2v) is 5.76. The van der Waals surface area contributed by atoms with Crippen LogP contribution in [0.1, 0.15) is 12.0 Å². The third kappa shape index (κ3) is 3.57. The van der Waals surface area contributed by atoms with Crippen molar-refractivity contribution in [3.05, 3.63) is 58.1 Å². The van der Waals surface area contributed by atoms with Gasteiger partial charge in [0.1, 0.15) is 11.7 Å². The first-order chi connectivity index (χ1) is 11.9. The van der Waals surface area contributed by atoms with Crippen LogP contribution in [0.5, 0.6) is 0 Å². The molecule has 2 aromatic carbocycles. The number of anilines is 3. The molecule has 0 aliphatic carbocycles. The molecule has 0 radical (unpaired) electrons. The largest absolute Gasteiger partial charge is 0.372 e. The normalized spacial score (nSPS) is 15.6. The number of carbonyl (C=O) groups is 2. The van der Waals surface area contributed by atoms with Crippen molar-refractivity contribution in [1.82, 2.24) is 0 Å². The molecule has 3 rings (SSSR count). The summed E-state index contributed by atoms with van der Waals surface area (Å²) in [5.41, 5.74) is 2.02. The number of nitro groups is 1. The highest BCUT2D eigenvalue weighted by atomic mass is 16.6. The molecule has 1 aliphatic rings. The van der Waals surface area contributed by atoms with Crippen molar-refractivity contribution < 1.29 is 14.5 Å². The summed E-state index contributed by atoms with van der Waals surface area (Å²) in [7, 11) is 0. The molecule has 25 heavy (non-hydrogen) atoms. The molecule has 0 saturated heterocycles. The molecular formula is C17H16N4O4. The van der Waals surface area contributed by atoms with Crippen molar-refractivity contribution in [3.63, 3.8) is 0 Å². The van der Waals surface area contributed by atoms with Gasteiger partial charge in [0.25, 0.3) is 5.69 Å². The fourth-order valence-corrected chi connectivity index (χ4v) is 2.62. The van der Waals surface area contributed by atoms with E-state index in [2.05, 4.69) is 16.0 Å². The Hall–Kier alpha value is -3.42. The Morgan fingerprint density at radius 2 is 1.96 bits per heavy atom. The number of hydrogen-bond acceptors (Lipinski definition) is 5. The standard InChI is InChI=1S/C17H16N4O4/c1-10-6-7-13(15(8-10)21(24)25)19-16(22)9-14-17(23)20-12-5-3-2-4-11(12)18-14/h2-8,14,18H,9H2,1H3,(H,19,22)(H,20,23)/t14-/m0/s1. The number of carbonyl (C=O) groups excluding carboxylic acids is 2. The van der Waals surface area contributed by atoms with Crippen molar-refractivity contribution in [2.45, 2.75) is 19.4 Å². The Morgan fingerprint density at radius 3 is 2.68 bits per heavy atom. The van der Waals surface area contributed by atoms with Gasteiger partial charge in [-0.05, 0) is 30.7 Å². The first-order valence-corrected chi connectivity index (χ1v) is 7.65. The molecule has 8 heteroatoms. The Bertz CT molecular complexity index is 865. The summed E-state index contributed by atoms with van der Waals surface area (Å²) in [5, 5.41) is 19.4. The lowest BCUT2D eigenvalue weighted by Crippen LogP contribution is -2.41. The summed E-state index contributed by atoms with van der Waals surface area (Å²) in [6.45, 7) is 1.73. The zero-order chi connectivity index (χ0) is 18.0. The number of para-hydroxylation sites is 2. The SMILES string of the molecule is Cc1ccc(NC(=O)C[C@@H]2Nc3ccccc3NC2=O)c([N+](=O)[O-])c1. The highest BCUT2D eigenvalue weighted by molar-refractivity contribution is 6.06. The quantitative estimate of drug-likeness (QED) is 0.585. The molecule has 0 bridgehead atoms. The summed E-state index contributed by atoms with van der Waals surface area (Å²) < 4.78 is 0. The van der Waals surface area contributed by atoms with Crippen LogP contribution < -0.4 is 16.0 Å². The Kier molecular flexibility index (Phi) is 4.34. The number of nitrogens with zero attached hydrogens (tertiary/aromatic N) is 1. The minimum absolute atomic E-state index is 0.109. The van der Waals surface area contributed by atoms with E-state index >= 15 is 0 Å². The molecule has 8 nitrogen and oxygen atoms in total. The topological polar surface area (TPSA) is 113 Å². The van der Waals surface area contributed by atoms with Gasteiger partial charge in [0.05, 0.1) is 22.7 Å². The van der Waals surface area contributed by atoms with Crippen LogP contribution in [-0.2, 0) is 9.59 Å². The second-order valence-electron chi connectivity index (χ2n) is 5.76. The second kappa shape index (κ2) is 6.60. The molecule has 2 amide bonds. The lowest BCUT2D eigenvalue weighted by atomic mass is 10.1. The first kappa shape index (κ1) is 16.4. The third-order valence-electron chi connectivity index (χ3n) is 3.84. The van der Waals surface area contributed by atoms with Crippen LogP contribution in [0.3, 0.4) is 0 Å². The maximum atomic E-state index is 12.2. The van der Waals surface area contributed by atoms with E-state index in [-0.39, 0.29) is 23.7 Å².